The van der Waals surface area contributed by atoms with Gasteiger partial charge < -0.3 is 5.21 Å². The maximum atomic E-state index is 9.25. The molecule has 1 heterocycles. The second-order valence-electron chi connectivity index (χ2n) is 4.72. The van der Waals surface area contributed by atoms with Gasteiger partial charge in [-0.05, 0) is 37.8 Å². The van der Waals surface area contributed by atoms with Crippen LogP contribution in [0.25, 0.3) is 11.0 Å². The van der Waals surface area contributed by atoms with Gasteiger partial charge in [-0.15, -0.1) is 5.10 Å². The standard InChI is InChI=1S/C14H16N4O/c19-16-12-8-3-1-2-4-9-14(12)18-13-10-6-5-7-11(13)15-17-18/h1-2,5-7,10,14,19H,3-4,8-9H2. The minimum Gasteiger partial charge on any atom is -0.411 e. The highest BCUT2D eigenvalue weighted by Gasteiger charge is 2.22. The zero-order chi connectivity index (χ0) is 13.1. The second-order valence-corrected chi connectivity index (χ2v) is 4.72. The Hall–Kier alpha value is -2.17. The van der Waals surface area contributed by atoms with E-state index in [9.17, 15) is 5.21 Å². The number of fused-ring (bicyclic) bond motifs is 1. The Morgan fingerprint density at radius 3 is 2.95 bits per heavy atom. The summed E-state index contributed by atoms with van der Waals surface area (Å²) in [7, 11) is 0. The van der Waals surface area contributed by atoms with E-state index in [1.54, 1.807) is 0 Å². The van der Waals surface area contributed by atoms with Gasteiger partial charge in [-0.2, -0.15) is 0 Å². The Bertz CT molecular complexity index is 629. The molecule has 1 atom stereocenters. The first kappa shape index (κ1) is 11.9. The summed E-state index contributed by atoms with van der Waals surface area (Å²) in [5.41, 5.74) is 2.63. The van der Waals surface area contributed by atoms with E-state index in [-0.39, 0.29) is 6.04 Å². The van der Waals surface area contributed by atoms with E-state index >= 15 is 0 Å². The summed E-state index contributed by atoms with van der Waals surface area (Å²) in [5, 5.41) is 21.2. The first-order chi connectivity index (χ1) is 9.40. The fourth-order valence-electron chi connectivity index (χ4n) is 2.55. The van der Waals surface area contributed by atoms with E-state index in [4.69, 9.17) is 0 Å². The molecule has 0 fully saturated rings. The second kappa shape index (κ2) is 5.22. The molecule has 3 rings (SSSR count). The predicted molar refractivity (Wildman–Crippen MR) is 73.4 cm³/mol. The van der Waals surface area contributed by atoms with Crippen molar-refractivity contribution in [2.45, 2.75) is 31.7 Å². The molecule has 5 heteroatoms. The number of nitrogens with zero attached hydrogens (tertiary/aromatic N) is 4. The van der Waals surface area contributed by atoms with Gasteiger partial charge in [-0.25, -0.2) is 4.68 Å². The molecule has 19 heavy (non-hydrogen) atoms. The van der Waals surface area contributed by atoms with Gasteiger partial charge in [0.2, 0.25) is 0 Å². The van der Waals surface area contributed by atoms with Crippen molar-refractivity contribution < 1.29 is 5.21 Å². The maximum absolute atomic E-state index is 9.25. The quantitative estimate of drug-likeness (QED) is 0.484. The number of rotatable bonds is 1. The van der Waals surface area contributed by atoms with Gasteiger partial charge in [0.25, 0.3) is 0 Å². The van der Waals surface area contributed by atoms with Crippen LogP contribution in [0, 0.1) is 0 Å². The highest BCUT2D eigenvalue weighted by Crippen LogP contribution is 2.24. The molecule has 0 bridgehead atoms. The molecule has 0 aliphatic heterocycles. The van der Waals surface area contributed by atoms with Crippen molar-refractivity contribution in [3.63, 3.8) is 0 Å². The first-order valence-corrected chi connectivity index (χ1v) is 6.56. The molecule has 1 aromatic heterocycles. The topological polar surface area (TPSA) is 63.3 Å². The monoisotopic (exact) mass is 256 g/mol. The molecule has 0 saturated carbocycles. The number of hydrogen-bond acceptors (Lipinski definition) is 4. The zero-order valence-electron chi connectivity index (χ0n) is 10.6. The summed E-state index contributed by atoms with van der Waals surface area (Å²) in [5.74, 6) is 0. The van der Waals surface area contributed by atoms with Gasteiger partial charge in [0.1, 0.15) is 5.52 Å². The van der Waals surface area contributed by atoms with Crippen molar-refractivity contribution in [2.24, 2.45) is 5.16 Å². The summed E-state index contributed by atoms with van der Waals surface area (Å²) >= 11 is 0. The Morgan fingerprint density at radius 2 is 2.05 bits per heavy atom. The third kappa shape index (κ3) is 2.23. The molecule has 0 spiro atoms. The molecule has 1 aliphatic carbocycles. The summed E-state index contributed by atoms with van der Waals surface area (Å²) in [6.07, 6.45) is 7.82. The predicted octanol–water partition coefficient (Wildman–Crippen LogP) is 2.93. The summed E-state index contributed by atoms with van der Waals surface area (Å²) < 4.78 is 1.88. The Labute approximate surface area is 111 Å². The number of benzene rings is 1. The van der Waals surface area contributed by atoms with E-state index in [0.717, 1.165) is 42.4 Å². The van der Waals surface area contributed by atoms with E-state index in [1.165, 1.54) is 0 Å². The van der Waals surface area contributed by atoms with Gasteiger partial charge in [-0.3, -0.25) is 0 Å². The van der Waals surface area contributed by atoms with Crippen LogP contribution in [-0.4, -0.2) is 25.9 Å². The summed E-state index contributed by atoms with van der Waals surface area (Å²) in [4.78, 5) is 0. The molecule has 0 radical (unpaired) electrons. The molecule has 0 saturated heterocycles. The lowest BCUT2D eigenvalue weighted by atomic mass is 9.98. The van der Waals surface area contributed by atoms with Crippen LogP contribution in [0.4, 0.5) is 0 Å². The Balaban J connectivity index is 2.04. The van der Waals surface area contributed by atoms with Gasteiger partial charge in [0.15, 0.2) is 0 Å². The van der Waals surface area contributed by atoms with Crippen LogP contribution in [0.3, 0.4) is 0 Å². The number of aromatic nitrogens is 3. The van der Waals surface area contributed by atoms with Crippen molar-refractivity contribution in [3.05, 3.63) is 36.4 Å². The van der Waals surface area contributed by atoms with Crippen molar-refractivity contribution in [1.82, 2.24) is 15.0 Å². The van der Waals surface area contributed by atoms with Crippen LogP contribution in [-0.2, 0) is 0 Å². The van der Waals surface area contributed by atoms with E-state index in [1.807, 2.05) is 28.9 Å². The third-order valence-corrected chi connectivity index (χ3v) is 3.53. The van der Waals surface area contributed by atoms with E-state index in [2.05, 4.69) is 27.6 Å². The fourth-order valence-corrected chi connectivity index (χ4v) is 2.55. The number of para-hydroxylation sites is 1. The van der Waals surface area contributed by atoms with Crippen LogP contribution < -0.4 is 0 Å². The van der Waals surface area contributed by atoms with Gasteiger partial charge in [-0.1, -0.05) is 34.7 Å². The van der Waals surface area contributed by atoms with Crippen molar-refractivity contribution >= 4 is 16.7 Å². The highest BCUT2D eigenvalue weighted by atomic mass is 16.4. The molecule has 1 unspecified atom stereocenters. The third-order valence-electron chi connectivity index (χ3n) is 3.53. The summed E-state index contributed by atoms with van der Waals surface area (Å²) in [6, 6.07) is 7.85. The fraction of sp³-hybridized carbons (Fsp3) is 0.357. The van der Waals surface area contributed by atoms with Crippen LogP contribution in [0.5, 0.6) is 0 Å². The summed E-state index contributed by atoms with van der Waals surface area (Å²) in [6.45, 7) is 0. The van der Waals surface area contributed by atoms with E-state index in [0.29, 0.717) is 0 Å². The van der Waals surface area contributed by atoms with Crippen LogP contribution in [0.2, 0.25) is 0 Å². The van der Waals surface area contributed by atoms with E-state index < -0.39 is 0 Å². The number of oxime groups is 1. The highest BCUT2D eigenvalue weighted by molar-refractivity contribution is 5.89. The van der Waals surface area contributed by atoms with Crippen molar-refractivity contribution in [2.75, 3.05) is 0 Å². The lowest BCUT2D eigenvalue weighted by molar-refractivity contribution is 0.311. The molecule has 1 aromatic carbocycles. The maximum Gasteiger partial charge on any atom is 0.113 e. The average Bonchev–Trinajstić information content (AvgIpc) is 2.83. The molecule has 1 aliphatic rings. The lowest BCUT2D eigenvalue weighted by Gasteiger charge is -2.19. The van der Waals surface area contributed by atoms with Crippen LogP contribution >= 0.6 is 0 Å². The smallest absolute Gasteiger partial charge is 0.113 e. The minimum atomic E-state index is -0.0117. The molecule has 5 nitrogen and oxygen atoms in total. The molecule has 1 N–H and O–H groups in total. The largest absolute Gasteiger partial charge is 0.411 e. The van der Waals surface area contributed by atoms with Gasteiger partial charge in [0, 0.05) is 0 Å². The Kier molecular flexibility index (Phi) is 3.27. The number of allylic oxidation sites excluding steroid dienone is 2. The molecular weight excluding hydrogens is 240 g/mol. The molecular formula is C14H16N4O. The average molecular weight is 256 g/mol. The molecule has 0 amide bonds. The normalized spacial score (nSPS) is 22.5. The Morgan fingerprint density at radius 1 is 1.21 bits per heavy atom. The molecule has 98 valence electrons. The minimum absolute atomic E-state index is 0.0117. The van der Waals surface area contributed by atoms with Crippen molar-refractivity contribution in [3.8, 4) is 0 Å². The first-order valence-electron chi connectivity index (χ1n) is 6.56. The van der Waals surface area contributed by atoms with Crippen molar-refractivity contribution in [1.29, 1.82) is 0 Å². The molecule has 2 aromatic rings. The SMILES string of the molecule is ON=C1CCC=CCCC1n1nnc2ccccc21. The van der Waals surface area contributed by atoms with Crippen LogP contribution in [0.1, 0.15) is 31.7 Å². The lowest BCUT2D eigenvalue weighted by Crippen LogP contribution is -2.21. The zero-order valence-corrected chi connectivity index (χ0v) is 10.6. The van der Waals surface area contributed by atoms with Crippen LogP contribution in [0.15, 0.2) is 41.6 Å². The van der Waals surface area contributed by atoms with Gasteiger partial charge in [0.05, 0.1) is 17.3 Å². The number of hydrogen-bond donors (Lipinski definition) is 1. The van der Waals surface area contributed by atoms with Gasteiger partial charge >= 0.3 is 0 Å².